The number of rotatable bonds is 9. The van der Waals surface area contributed by atoms with Crippen molar-refractivity contribution < 1.29 is 27.2 Å². The molecular formula is C28H33N3O6S. The molecule has 10 heteroatoms. The Balaban J connectivity index is 1.47. The van der Waals surface area contributed by atoms with E-state index in [-0.39, 0.29) is 41.2 Å². The second kappa shape index (κ2) is 11.6. The van der Waals surface area contributed by atoms with Crippen molar-refractivity contribution in [3.63, 3.8) is 0 Å². The summed E-state index contributed by atoms with van der Waals surface area (Å²) < 4.78 is 33.1. The Morgan fingerprint density at radius 1 is 1.13 bits per heavy atom. The summed E-state index contributed by atoms with van der Waals surface area (Å²) in [4.78, 5) is 43.5. The lowest BCUT2D eigenvalue weighted by atomic mass is 9.88. The van der Waals surface area contributed by atoms with Crippen LogP contribution in [0.15, 0.2) is 64.2 Å². The van der Waals surface area contributed by atoms with Crippen molar-refractivity contribution in [2.24, 2.45) is 11.8 Å². The fourth-order valence-electron chi connectivity index (χ4n) is 4.79. The van der Waals surface area contributed by atoms with Crippen molar-refractivity contribution in [1.82, 2.24) is 14.6 Å². The maximum atomic E-state index is 13.4. The number of Topliss-reactive ketones (excluding diaryl/α,β-unsaturated/α-hetero) is 2. The van der Waals surface area contributed by atoms with Crippen molar-refractivity contribution in [1.29, 1.82) is 0 Å². The molecule has 0 unspecified atom stereocenters. The van der Waals surface area contributed by atoms with Crippen molar-refractivity contribution in [2.75, 3.05) is 6.54 Å². The molecule has 1 aliphatic heterocycles. The van der Waals surface area contributed by atoms with Gasteiger partial charge in [0, 0.05) is 30.0 Å². The second-order valence-corrected chi connectivity index (χ2v) is 12.1. The summed E-state index contributed by atoms with van der Waals surface area (Å²) in [7, 11) is -3.96. The predicted molar refractivity (Wildman–Crippen MR) is 142 cm³/mol. The number of benzene rings is 1. The molecule has 1 N–H and O–H groups in total. The number of fused-ring (bicyclic) bond motifs is 1. The smallest absolute Gasteiger partial charge is 0.287 e. The highest BCUT2D eigenvalue weighted by atomic mass is 32.2. The number of hydrogen-bond donors (Lipinski definition) is 1. The molecule has 202 valence electrons. The molecule has 1 amide bonds. The van der Waals surface area contributed by atoms with Gasteiger partial charge >= 0.3 is 0 Å². The van der Waals surface area contributed by atoms with Crippen LogP contribution >= 0.6 is 0 Å². The molecule has 1 aliphatic rings. The first-order valence-electron chi connectivity index (χ1n) is 12.8. The van der Waals surface area contributed by atoms with E-state index in [2.05, 4.69) is 10.3 Å². The third-order valence-corrected chi connectivity index (χ3v) is 8.78. The number of sulfonamides is 1. The number of nitrogens with zero attached hydrogens (tertiary/aromatic N) is 2. The Hall–Kier alpha value is -3.37. The summed E-state index contributed by atoms with van der Waals surface area (Å²) in [5.74, 6) is -1.46. The monoisotopic (exact) mass is 539 g/mol. The van der Waals surface area contributed by atoms with Crippen LogP contribution in [0.1, 0.15) is 57.0 Å². The minimum Gasteiger partial charge on any atom is -0.451 e. The number of furan rings is 1. The van der Waals surface area contributed by atoms with Gasteiger partial charge in [0.05, 0.1) is 12.6 Å². The van der Waals surface area contributed by atoms with Crippen molar-refractivity contribution in [3.8, 4) is 0 Å². The number of pyridine rings is 1. The van der Waals surface area contributed by atoms with Gasteiger partial charge in [0.2, 0.25) is 0 Å². The number of ketones is 2. The van der Waals surface area contributed by atoms with E-state index >= 15 is 0 Å². The van der Waals surface area contributed by atoms with E-state index in [0.29, 0.717) is 24.8 Å². The van der Waals surface area contributed by atoms with Gasteiger partial charge in [-0.15, -0.1) is 0 Å². The standard InChI is InChI=1S/C28H33N3O6S/c1-18(2)14-22(30-28(34)26-16-21-8-4-5-9-25(21)37-26)23(32)15-20-12-11-19(3)31(17-24(20)33)38(35,36)27-10-6-7-13-29-27/h4-10,13,16,18-20,22H,11-12,14-15,17H2,1-3H3,(H,30,34)/t19-,20-,22+/m1/s1. The lowest BCUT2D eigenvalue weighted by molar-refractivity contribution is -0.128. The minimum atomic E-state index is -3.96. The molecule has 1 aromatic carbocycles. The topological polar surface area (TPSA) is 127 Å². The van der Waals surface area contributed by atoms with Crippen molar-refractivity contribution >= 4 is 38.5 Å². The van der Waals surface area contributed by atoms with Gasteiger partial charge in [0.15, 0.2) is 22.4 Å². The average Bonchev–Trinajstić information content (AvgIpc) is 3.27. The molecule has 0 aliphatic carbocycles. The molecule has 38 heavy (non-hydrogen) atoms. The zero-order chi connectivity index (χ0) is 27.4. The molecule has 3 heterocycles. The number of hydrogen-bond acceptors (Lipinski definition) is 7. The molecular weight excluding hydrogens is 506 g/mol. The van der Waals surface area contributed by atoms with Gasteiger partial charge in [-0.2, -0.15) is 4.31 Å². The number of para-hydroxylation sites is 1. The highest BCUT2D eigenvalue weighted by Crippen LogP contribution is 2.28. The Morgan fingerprint density at radius 3 is 2.55 bits per heavy atom. The normalized spacial score (nSPS) is 19.8. The number of aromatic nitrogens is 1. The SMILES string of the molecule is CC(C)C[C@H](NC(=O)c1cc2ccccc2o1)C(=O)C[C@H]1CC[C@@H](C)N(S(=O)(=O)c2ccccn2)CC1=O. The fourth-order valence-corrected chi connectivity index (χ4v) is 6.36. The zero-order valence-electron chi connectivity index (χ0n) is 21.8. The van der Waals surface area contributed by atoms with Gasteiger partial charge in [0.1, 0.15) is 5.58 Å². The Labute approximate surface area is 222 Å². The van der Waals surface area contributed by atoms with Gasteiger partial charge < -0.3 is 9.73 Å². The van der Waals surface area contributed by atoms with Gasteiger partial charge in [0.25, 0.3) is 15.9 Å². The van der Waals surface area contributed by atoms with Gasteiger partial charge in [-0.25, -0.2) is 13.4 Å². The van der Waals surface area contributed by atoms with E-state index in [4.69, 9.17) is 4.42 Å². The third kappa shape index (κ3) is 6.19. The van der Waals surface area contributed by atoms with Crippen LogP contribution in [0.2, 0.25) is 0 Å². The molecule has 1 saturated heterocycles. The van der Waals surface area contributed by atoms with Gasteiger partial charge in [-0.1, -0.05) is 38.1 Å². The summed E-state index contributed by atoms with van der Waals surface area (Å²) in [6.45, 7) is 5.34. The van der Waals surface area contributed by atoms with E-state index < -0.39 is 33.9 Å². The van der Waals surface area contributed by atoms with Crippen LogP contribution in [-0.4, -0.2) is 53.8 Å². The fraction of sp³-hybridized carbons (Fsp3) is 0.429. The number of carbonyl (C=O) groups excluding carboxylic acids is 3. The summed E-state index contributed by atoms with van der Waals surface area (Å²) in [6.07, 6.45) is 2.54. The third-order valence-electron chi connectivity index (χ3n) is 6.90. The van der Waals surface area contributed by atoms with Crippen LogP contribution in [0.5, 0.6) is 0 Å². The molecule has 3 aromatic rings. The maximum absolute atomic E-state index is 13.4. The molecule has 2 aromatic heterocycles. The van der Waals surface area contributed by atoms with Crippen LogP contribution in [0.4, 0.5) is 0 Å². The Bertz CT molecular complexity index is 1380. The molecule has 3 atom stereocenters. The molecule has 0 saturated carbocycles. The first-order valence-corrected chi connectivity index (χ1v) is 14.3. The molecule has 0 spiro atoms. The molecule has 1 fully saturated rings. The summed E-state index contributed by atoms with van der Waals surface area (Å²) in [5.41, 5.74) is 0.577. The van der Waals surface area contributed by atoms with Crippen molar-refractivity contribution in [3.05, 3.63) is 60.5 Å². The lowest BCUT2D eigenvalue weighted by Crippen LogP contribution is -2.43. The van der Waals surface area contributed by atoms with Crippen LogP contribution in [0, 0.1) is 11.8 Å². The van der Waals surface area contributed by atoms with E-state index in [9.17, 15) is 22.8 Å². The number of nitrogens with one attached hydrogen (secondary N) is 1. The van der Waals surface area contributed by atoms with E-state index in [1.807, 2.05) is 32.0 Å². The van der Waals surface area contributed by atoms with Crippen LogP contribution in [0.25, 0.3) is 11.0 Å². The van der Waals surface area contributed by atoms with Crippen LogP contribution in [-0.2, 0) is 19.6 Å². The van der Waals surface area contributed by atoms with Crippen LogP contribution < -0.4 is 5.32 Å². The molecule has 4 rings (SSSR count). The molecule has 9 nitrogen and oxygen atoms in total. The summed E-state index contributed by atoms with van der Waals surface area (Å²) >= 11 is 0. The maximum Gasteiger partial charge on any atom is 0.287 e. The largest absolute Gasteiger partial charge is 0.451 e. The zero-order valence-corrected chi connectivity index (χ0v) is 22.6. The van der Waals surface area contributed by atoms with Crippen molar-refractivity contribution in [2.45, 2.75) is 63.6 Å². The van der Waals surface area contributed by atoms with E-state index in [1.54, 1.807) is 31.2 Å². The van der Waals surface area contributed by atoms with Gasteiger partial charge in [-0.3, -0.25) is 14.4 Å². The van der Waals surface area contributed by atoms with E-state index in [1.165, 1.54) is 16.6 Å². The highest BCUT2D eigenvalue weighted by molar-refractivity contribution is 7.89. The quantitative estimate of drug-likeness (QED) is 0.436. The molecule has 0 bridgehead atoms. The Kier molecular flexibility index (Phi) is 8.42. The summed E-state index contributed by atoms with van der Waals surface area (Å²) in [6, 6.07) is 12.3. The first-order chi connectivity index (χ1) is 18.1. The first kappa shape index (κ1) is 27.7. The second-order valence-electron chi connectivity index (χ2n) is 10.3. The minimum absolute atomic E-state index is 0.0686. The van der Waals surface area contributed by atoms with Gasteiger partial charge in [-0.05, 0) is 56.4 Å². The lowest BCUT2D eigenvalue weighted by Gasteiger charge is -2.25. The van der Waals surface area contributed by atoms with Crippen LogP contribution in [0.3, 0.4) is 0 Å². The molecule has 0 radical (unpaired) electrons. The predicted octanol–water partition coefficient (Wildman–Crippen LogP) is 3.99. The van der Waals surface area contributed by atoms with E-state index in [0.717, 1.165) is 5.39 Å². The Morgan fingerprint density at radius 2 is 1.87 bits per heavy atom. The number of amides is 1. The average molecular weight is 540 g/mol. The summed E-state index contributed by atoms with van der Waals surface area (Å²) in [5, 5.41) is 3.47. The highest BCUT2D eigenvalue weighted by Gasteiger charge is 2.38. The number of carbonyl (C=O) groups is 3.